The van der Waals surface area contributed by atoms with Crippen LogP contribution in [0.5, 0.6) is 0 Å². The summed E-state index contributed by atoms with van der Waals surface area (Å²) >= 11 is 0. The quantitative estimate of drug-likeness (QED) is 0.226. The molecule has 12 nitrogen and oxygen atoms in total. The third-order valence-corrected chi connectivity index (χ3v) is 4.38. The Kier molecular flexibility index (Phi) is 7.27. The first-order valence-corrected chi connectivity index (χ1v) is 8.06. The molecule has 10 atom stereocenters. The fourth-order valence-corrected chi connectivity index (χ4v) is 2.97. The van der Waals surface area contributed by atoms with E-state index < -0.39 is 80.5 Å². The Morgan fingerprint density at radius 2 is 1.50 bits per heavy atom. The molecule has 2 saturated heterocycles. The fraction of sp³-hybridized carbons (Fsp3) is 0.929. The Labute approximate surface area is 148 Å². The van der Waals surface area contributed by atoms with Crippen LogP contribution in [0.25, 0.3) is 0 Å². The first-order chi connectivity index (χ1) is 12.2. The topological polar surface area (TPSA) is 198 Å². The van der Waals surface area contributed by atoms with Crippen LogP contribution < -0.4 is 5.32 Å². The molecule has 2 rings (SSSR count). The second-order valence-corrected chi connectivity index (χ2v) is 6.26. The summed E-state index contributed by atoms with van der Waals surface area (Å²) in [6.45, 7) is -0.195. The minimum Gasteiger partial charge on any atom is -0.394 e. The molecule has 26 heavy (non-hydrogen) atoms. The lowest BCUT2D eigenvalue weighted by atomic mass is 9.95. The molecule has 1 amide bonds. The number of carbonyl (C=O) groups excluding carboxylic acids is 1. The molecule has 2 aliphatic heterocycles. The summed E-state index contributed by atoms with van der Waals surface area (Å²) in [5.41, 5.74) is 0. The number of ether oxygens (including phenoxy) is 3. The van der Waals surface area contributed by atoms with E-state index in [0.717, 1.165) is 6.92 Å². The first-order valence-electron chi connectivity index (χ1n) is 8.06. The zero-order chi connectivity index (χ0) is 19.6. The molecule has 2 fully saturated rings. The molecule has 0 radical (unpaired) electrons. The largest absolute Gasteiger partial charge is 0.394 e. The summed E-state index contributed by atoms with van der Waals surface area (Å²) in [6, 6.07) is -1.28. The highest BCUT2D eigenvalue weighted by Gasteiger charge is 2.50. The molecule has 1 unspecified atom stereocenters. The minimum absolute atomic E-state index is 0.574. The van der Waals surface area contributed by atoms with Crippen molar-refractivity contribution in [2.45, 2.75) is 68.3 Å². The molecule has 0 bridgehead atoms. The van der Waals surface area contributed by atoms with Crippen molar-refractivity contribution < 1.29 is 54.8 Å². The van der Waals surface area contributed by atoms with Crippen molar-refractivity contribution in [2.24, 2.45) is 0 Å². The summed E-state index contributed by atoms with van der Waals surface area (Å²) in [7, 11) is 0. The van der Waals surface area contributed by atoms with Gasteiger partial charge in [0.2, 0.25) is 5.91 Å². The highest BCUT2D eigenvalue weighted by molar-refractivity contribution is 5.73. The number of rotatable bonds is 5. The standard InChI is InChI=1S/C14H25NO11/c1-4(18)15-7-12(9(20)6(3-17)24-13(7)23)26-14-11(22)10(21)8(19)5(2-16)25-14/h5-14,16-17,19-23H,2-3H2,1H3,(H,15,18)/t5-,6-,7-,8+,9+,10+,11-,12-,13+,14?/m1/s1. The zero-order valence-corrected chi connectivity index (χ0v) is 14.0. The second-order valence-electron chi connectivity index (χ2n) is 6.26. The van der Waals surface area contributed by atoms with E-state index in [1.807, 2.05) is 0 Å². The van der Waals surface area contributed by atoms with Crippen LogP contribution in [0.1, 0.15) is 6.92 Å². The van der Waals surface area contributed by atoms with Gasteiger partial charge in [-0.3, -0.25) is 4.79 Å². The van der Waals surface area contributed by atoms with Gasteiger partial charge in [0.05, 0.1) is 13.2 Å². The first kappa shape index (κ1) is 21.4. The third kappa shape index (κ3) is 4.31. The highest BCUT2D eigenvalue weighted by Crippen LogP contribution is 2.28. The Bertz CT molecular complexity index is 478. The predicted molar refractivity (Wildman–Crippen MR) is 80.2 cm³/mol. The summed E-state index contributed by atoms with van der Waals surface area (Å²) in [4.78, 5) is 11.4. The minimum atomic E-state index is -1.74. The number of hydrogen-bond acceptors (Lipinski definition) is 11. The van der Waals surface area contributed by atoms with E-state index in [-0.39, 0.29) is 0 Å². The van der Waals surface area contributed by atoms with Crippen LogP contribution in [-0.4, -0.2) is 116 Å². The van der Waals surface area contributed by atoms with E-state index in [1.165, 1.54) is 0 Å². The Balaban J connectivity index is 2.21. The van der Waals surface area contributed by atoms with Gasteiger partial charge in [-0.15, -0.1) is 0 Å². The molecule has 0 aromatic carbocycles. The lowest BCUT2D eigenvalue weighted by Gasteiger charge is -2.46. The second kappa shape index (κ2) is 8.84. The number of carbonyl (C=O) groups is 1. The summed E-state index contributed by atoms with van der Waals surface area (Å²) < 4.78 is 15.7. The van der Waals surface area contributed by atoms with Gasteiger partial charge in [-0.25, -0.2) is 0 Å². The lowest BCUT2D eigenvalue weighted by Crippen LogP contribution is -2.67. The molecular weight excluding hydrogens is 358 g/mol. The molecule has 0 spiro atoms. The van der Waals surface area contributed by atoms with Gasteiger partial charge >= 0.3 is 0 Å². The molecule has 0 aromatic rings. The Morgan fingerprint density at radius 3 is 2.04 bits per heavy atom. The Morgan fingerprint density at radius 1 is 0.923 bits per heavy atom. The molecule has 12 heteroatoms. The van der Waals surface area contributed by atoms with Crippen LogP contribution in [0.2, 0.25) is 0 Å². The van der Waals surface area contributed by atoms with Gasteiger partial charge in [0, 0.05) is 6.92 Å². The summed E-state index contributed by atoms with van der Waals surface area (Å²) in [5, 5.41) is 70.7. The van der Waals surface area contributed by atoms with E-state index in [1.54, 1.807) is 0 Å². The van der Waals surface area contributed by atoms with Gasteiger partial charge < -0.3 is 55.3 Å². The molecule has 152 valence electrons. The smallest absolute Gasteiger partial charge is 0.217 e. The Hall–Kier alpha value is -0.930. The van der Waals surface area contributed by atoms with E-state index in [2.05, 4.69) is 5.32 Å². The molecule has 8 N–H and O–H groups in total. The molecular formula is C14H25NO11. The molecule has 2 aliphatic rings. The molecule has 0 saturated carbocycles. The van der Waals surface area contributed by atoms with Crippen molar-refractivity contribution in [1.82, 2.24) is 5.32 Å². The van der Waals surface area contributed by atoms with Crippen LogP contribution in [0.4, 0.5) is 0 Å². The number of nitrogens with one attached hydrogen (secondary N) is 1. The lowest BCUT2D eigenvalue weighted by molar-refractivity contribution is -0.341. The van der Waals surface area contributed by atoms with Gasteiger partial charge in [0.15, 0.2) is 12.6 Å². The maximum absolute atomic E-state index is 11.4. The van der Waals surface area contributed by atoms with Crippen molar-refractivity contribution >= 4 is 5.91 Å². The van der Waals surface area contributed by atoms with Crippen LogP contribution in [-0.2, 0) is 19.0 Å². The molecule has 2 heterocycles. The van der Waals surface area contributed by atoms with E-state index >= 15 is 0 Å². The average molecular weight is 383 g/mol. The van der Waals surface area contributed by atoms with Crippen molar-refractivity contribution in [1.29, 1.82) is 0 Å². The van der Waals surface area contributed by atoms with Crippen molar-refractivity contribution in [3.05, 3.63) is 0 Å². The monoisotopic (exact) mass is 383 g/mol. The van der Waals surface area contributed by atoms with Crippen LogP contribution in [0, 0.1) is 0 Å². The zero-order valence-electron chi connectivity index (χ0n) is 14.0. The van der Waals surface area contributed by atoms with Gasteiger partial charge in [0.1, 0.15) is 48.8 Å². The third-order valence-electron chi connectivity index (χ3n) is 4.38. The van der Waals surface area contributed by atoms with Crippen molar-refractivity contribution in [3.63, 3.8) is 0 Å². The van der Waals surface area contributed by atoms with E-state index in [9.17, 15) is 40.5 Å². The maximum Gasteiger partial charge on any atom is 0.217 e. The fourth-order valence-electron chi connectivity index (χ4n) is 2.97. The van der Waals surface area contributed by atoms with Gasteiger partial charge in [-0.1, -0.05) is 0 Å². The highest BCUT2D eigenvalue weighted by atomic mass is 16.7. The van der Waals surface area contributed by atoms with E-state index in [0.29, 0.717) is 0 Å². The van der Waals surface area contributed by atoms with Crippen molar-refractivity contribution in [2.75, 3.05) is 13.2 Å². The van der Waals surface area contributed by atoms with Crippen molar-refractivity contribution in [3.8, 4) is 0 Å². The van der Waals surface area contributed by atoms with Crippen LogP contribution in [0.3, 0.4) is 0 Å². The van der Waals surface area contributed by atoms with E-state index in [4.69, 9.17) is 14.2 Å². The number of aliphatic hydroxyl groups excluding tert-OH is 7. The summed E-state index contributed by atoms with van der Waals surface area (Å²) in [6.07, 6.45) is -13.7. The van der Waals surface area contributed by atoms with Gasteiger partial charge in [0.25, 0.3) is 0 Å². The molecule has 0 aliphatic carbocycles. The van der Waals surface area contributed by atoms with Crippen LogP contribution >= 0.6 is 0 Å². The van der Waals surface area contributed by atoms with Gasteiger partial charge in [-0.2, -0.15) is 0 Å². The number of amides is 1. The van der Waals surface area contributed by atoms with Crippen LogP contribution in [0.15, 0.2) is 0 Å². The number of aliphatic hydroxyl groups is 7. The maximum atomic E-state index is 11.4. The number of hydrogen-bond donors (Lipinski definition) is 8. The normalized spacial score (nSPS) is 46.8. The SMILES string of the molecule is CC(=O)N[C@@H]1[C@@H](OC2O[C@H](CO)[C@H](O)[C@H](O)[C@H]2O)[C@@H](O)[C@@H](CO)O[C@@H]1O. The predicted octanol–water partition coefficient (Wildman–Crippen LogP) is -5.25. The average Bonchev–Trinajstić information content (AvgIpc) is 2.60. The molecule has 0 aromatic heterocycles. The summed E-state index contributed by atoms with van der Waals surface area (Å²) in [5.74, 6) is -0.574. The van der Waals surface area contributed by atoms with Gasteiger partial charge in [-0.05, 0) is 0 Å².